The molecule has 0 radical (unpaired) electrons. The Kier molecular flexibility index (Phi) is 4.56. The van der Waals surface area contributed by atoms with Crippen LogP contribution in [0, 0.1) is 6.92 Å². The number of hydrogen-bond acceptors (Lipinski definition) is 6. The van der Waals surface area contributed by atoms with Gasteiger partial charge in [-0.1, -0.05) is 23.7 Å². The Labute approximate surface area is 157 Å². The van der Waals surface area contributed by atoms with Crippen LogP contribution in [-0.2, 0) is 6.42 Å². The summed E-state index contributed by atoms with van der Waals surface area (Å²) >= 11 is 5.78. The number of amides is 1. The molecule has 26 heavy (non-hydrogen) atoms. The largest absolute Gasteiger partial charge is 0.351 e. The van der Waals surface area contributed by atoms with Crippen LogP contribution in [0.2, 0.25) is 5.15 Å². The van der Waals surface area contributed by atoms with E-state index in [0.29, 0.717) is 5.95 Å². The van der Waals surface area contributed by atoms with Gasteiger partial charge in [-0.2, -0.15) is 0 Å². The molecule has 2 aliphatic heterocycles. The third kappa shape index (κ3) is 3.28. The van der Waals surface area contributed by atoms with Gasteiger partial charge in [-0.05, 0) is 45.1 Å². The quantitative estimate of drug-likeness (QED) is 0.883. The molecule has 4 heterocycles. The van der Waals surface area contributed by atoms with E-state index in [1.165, 1.54) is 6.07 Å². The van der Waals surface area contributed by atoms with E-state index in [1.54, 1.807) is 0 Å². The lowest BCUT2D eigenvalue weighted by Crippen LogP contribution is -2.49. The fourth-order valence-electron chi connectivity index (χ4n) is 4.17. The van der Waals surface area contributed by atoms with Gasteiger partial charge in [-0.15, -0.1) is 0 Å². The van der Waals surface area contributed by atoms with Crippen molar-refractivity contribution in [3.63, 3.8) is 0 Å². The third-order valence-corrected chi connectivity index (χ3v) is 5.44. The molecule has 2 atom stereocenters. The summed E-state index contributed by atoms with van der Waals surface area (Å²) in [6, 6.07) is 4.15. The van der Waals surface area contributed by atoms with Crippen LogP contribution in [0.25, 0.3) is 0 Å². The molecule has 1 amide bonds. The molecule has 0 spiro atoms. The normalized spacial score (nSPS) is 24.7. The molecule has 4 rings (SSSR count). The van der Waals surface area contributed by atoms with E-state index in [-0.39, 0.29) is 34.9 Å². The van der Waals surface area contributed by atoms with Crippen molar-refractivity contribution in [2.75, 3.05) is 5.32 Å². The second kappa shape index (κ2) is 6.87. The van der Waals surface area contributed by atoms with Gasteiger partial charge >= 0.3 is 0 Å². The Balaban J connectivity index is 1.46. The zero-order valence-corrected chi connectivity index (χ0v) is 15.7. The van der Waals surface area contributed by atoms with E-state index in [2.05, 4.69) is 27.4 Å². The zero-order valence-electron chi connectivity index (χ0n) is 14.9. The summed E-state index contributed by atoms with van der Waals surface area (Å²) in [5.74, 6) is 0.788. The summed E-state index contributed by atoms with van der Waals surface area (Å²) in [5, 5.41) is 7.30. The minimum Gasteiger partial charge on any atom is -0.351 e. The van der Waals surface area contributed by atoms with Crippen LogP contribution in [0.1, 0.15) is 54.5 Å². The molecule has 138 valence electrons. The van der Waals surface area contributed by atoms with E-state index >= 15 is 0 Å². The van der Waals surface area contributed by atoms with Crippen LogP contribution in [0.5, 0.6) is 0 Å². The van der Waals surface area contributed by atoms with Gasteiger partial charge in [0.1, 0.15) is 0 Å². The van der Waals surface area contributed by atoms with Crippen LogP contribution in [0.4, 0.5) is 5.95 Å². The fraction of sp³-hybridized carbons (Fsp3) is 0.556. The van der Waals surface area contributed by atoms with E-state index in [0.717, 1.165) is 43.5 Å². The average Bonchev–Trinajstić information content (AvgIpc) is 3.15. The molecule has 2 bridgehead atoms. The molecule has 7 nitrogen and oxygen atoms in total. The number of anilines is 1. The first-order valence-corrected chi connectivity index (χ1v) is 9.47. The maximum Gasteiger partial charge on any atom is 0.293 e. The molecule has 2 saturated heterocycles. The van der Waals surface area contributed by atoms with Crippen molar-refractivity contribution in [3.8, 4) is 0 Å². The first-order valence-electron chi connectivity index (χ1n) is 9.09. The number of nitrogens with one attached hydrogen (secondary N) is 1. The third-order valence-electron chi connectivity index (χ3n) is 5.26. The second-order valence-corrected chi connectivity index (χ2v) is 7.49. The van der Waals surface area contributed by atoms with Gasteiger partial charge < -0.3 is 14.7 Å². The van der Waals surface area contributed by atoms with Gasteiger partial charge in [0.2, 0.25) is 11.7 Å². The number of carbonyl (C=O) groups is 1. The number of aromatic nitrogens is 3. The minimum absolute atomic E-state index is 0.115. The monoisotopic (exact) mass is 375 g/mol. The van der Waals surface area contributed by atoms with Crippen molar-refractivity contribution < 1.29 is 9.32 Å². The van der Waals surface area contributed by atoms with Crippen molar-refractivity contribution in [2.45, 2.75) is 64.1 Å². The lowest BCUT2D eigenvalue weighted by molar-refractivity contribution is 0.0540. The molecule has 8 heteroatoms. The Bertz CT molecular complexity index is 810. The highest BCUT2D eigenvalue weighted by Gasteiger charge is 2.44. The summed E-state index contributed by atoms with van der Waals surface area (Å²) in [7, 11) is 0. The van der Waals surface area contributed by atoms with Crippen molar-refractivity contribution in [1.29, 1.82) is 0 Å². The summed E-state index contributed by atoms with van der Waals surface area (Å²) in [4.78, 5) is 23.8. The predicted octanol–water partition coefficient (Wildman–Crippen LogP) is 3.24. The second-order valence-electron chi connectivity index (χ2n) is 7.10. The number of carbonyl (C=O) groups excluding carboxylic acids is 1. The van der Waals surface area contributed by atoms with E-state index in [9.17, 15) is 4.79 Å². The molecule has 1 N–H and O–H groups in total. The van der Waals surface area contributed by atoms with Crippen LogP contribution in [0.3, 0.4) is 0 Å². The molecule has 2 aromatic rings. The van der Waals surface area contributed by atoms with Gasteiger partial charge in [0.25, 0.3) is 5.91 Å². The summed E-state index contributed by atoms with van der Waals surface area (Å²) in [6.07, 6.45) is 4.65. The van der Waals surface area contributed by atoms with Crippen molar-refractivity contribution >= 4 is 23.5 Å². The Morgan fingerprint density at radius 1 is 1.31 bits per heavy atom. The molecule has 0 aromatic carbocycles. The number of halogens is 1. The number of piperidine rings is 1. The highest BCUT2D eigenvalue weighted by Crippen LogP contribution is 2.37. The number of nitrogens with zero attached hydrogens (tertiary/aromatic N) is 4. The topological polar surface area (TPSA) is 84.2 Å². The lowest BCUT2D eigenvalue weighted by atomic mass is 9.97. The molecule has 2 aromatic heterocycles. The van der Waals surface area contributed by atoms with Gasteiger partial charge in [-0.3, -0.25) is 4.79 Å². The van der Waals surface area contributed by atoms with Crippen LogP contribution in [-0.4, -0.2) is 44.1 Å². The lowest BCUT2D eigenvalue weighted by Gasteiger charge is -2.38. The number of rotatable bonds is 4. The highest BCUT2D eigenvalue weighted by atomic mass is 35.5. The SMILES string of the molecule is CCc1cc(C)nc(NC2CC3CCC(C2)N3C(=O)c2cc(Cl)no2)n1. The maximum atomic E-state index is 12.8. The fourth-order valence-corrected chi connectivity index (χ4v) is 4.30. The smallest absolute Gasteiger partial charge is 0.293 e. The molecule has 2 fully saturated rings. The van der Waals surface area contributed by atoms with Crippen molar-refractivity contribution in [3.05, 3.63) is 34.4 Å². The van der Waals surface area contributed by atoms with E-state index in [4.69, 9.17) is 16.1 Å². The summed E-state index contributed by atoms with van der Waals surface area (Å²) in [5.41, 5.74) is 2.01. The molecule has 2 unspecified atom stereocenters. The zero-order chi connectivity index (χ0) is 18.3. The molecular formula is C18H22ClN5O2. The van der Waals surface area contributed by atoms with Gasteiger partial charge in [0, 0.05) is 35.6 Å². The standard InChI is InChI=1S/C18H22ClN5O2/c1-3-11-6-10(2)20-18(21-11)22-12-7-13-4-5-14(8-12)24(13)17(25)15-9-16(19)23-26-15/h6,9,12-14H,3-5,7-8H2,1-2H3,(H,20,21,22). The first-order chi connectivity index (χ1) is 12.5. The summed E-state index contributed by atoms with van der Waals surface area (Å²) in [6.45, 7) is 4.07. The van der Waals surface area contributed by atoms with Gasteiger partial charge in [0.15, 0.2) is 5.15 Å². The Hall–Kier alpha value is -2.15. The first kappa shape index (κ1) is 17.3. The van der Waals surface area contributed by atoms with Crippen LogP contribution >= 0.6 is 11.6 Å². The Morgan fingerprint density at radius 3 is 2.65 bits per heavy atom. The van der Waals surface area contributed by atoms with Gasteiger partial charge in [-0.25, -0.2) is 9.97 Å². The molecular weight excluding hydrogens is 354 g/mol. The molecule has 2 aliphatic rings. The van der Waals surface area contributed by atoms with Crippen LogP contribution < -0.4 is 5.32 Å². The van der Waals surface area contributed by atoms with Crippen molar-refractivity contribution in [2.24, 2.45) is 0 Å². The van der Waals surface area contributed by atoms with E-state index in [1.807, 2.05) is 17.9 Å². The number of aryl methyl sites for hydroxylation is 2. The predicted molar refractivity (Wildman–Crippen MR) is 97.3 cm³/mol. The van der Waals surface area contributed by atoms with Crippen molar-refractivity contribution in [1.82, 2.24) is 20.0 Å². The minimum atomic E-state index is -0.115. The van der Waals surface area contributed by atoms with E-state index < -0.39 is 0 Å². The Morgan fingerprint density at radius 2 is 2.04 bits per heavy atom. The molecule has 0 saturated carbocycles. The van der Waals surface area contributed by atoms with Crippen LogP contribution in [0.15, 0.2) is 16.7 Å². The average molecular weight is 376 g/mol. The number of fused-ring (bicyclic) bond motifs is 2. The number of hydrogen-bond donors (Lipinski definition) is 1. The van der Waals surface area contributed by atoms with Gasteiger partial charge in [0.05, 0.1) is 0 Å². The maximum absolute atomic E-state index is 12.8. The molecule has 0 aliphatic carbocycles. The highest BCUT2D eigenvalue weighted by molar-refractivity contribution is 6.29. The summed E-state index contributed by atoms with van der Waals surface area (Å²) < 4.78 is 5.06.